The summed E-state index contributed by atoms with van der Waals surface area (Å²) in [6.45, 7) is 0. The Balaban J connectivity index is 0. The standard InChI is InChI=1S/C7H3F13O3S.Li/c8-2(9,1-24(21,22)23)3(10,11)4(12,13)5(14,15)6(16,17)7(18,19)20;/h1H2,(H,21,22,23);/q;+1/p-1. The van der Waals surface area contributed by atoms with E-state index in [0.717, 1.165) is 0 Å². The van der Waals surface area contributed by atoms with Gasteiger partial charge in [-0.05, 0) is 0 Å². The molecule has 0 fully saturated rings. The minimum absolute atomic E-state index is 0. The van der Waals surface area contributed by atoms with Crippen molar-refractivity contribution in [2.45, 2.75) is 35.8 Å². The molecule has 0 saturated carbocycles. The van der Waals surface area contributed by atoms with Crippen LogP contribution < -0.4 is 18.9 Å². The topological polar surface area (TPSA) is 57.2 Å². The zero-order valence-electron chi connectivity index (χ0n) is 11.3. The average Bonchev–Trinajstić information content (AvgIpc) is 2.22. The molecular formula is C7H2F13LiO3S. The van der Waals surface area contributed by atoms with Crippen molar-refractivity contribution in [2.75, 3.05) is 5.75 Å². The van der Waals surface area contributed by atoms with Crippen LogP contribution in [0.25, 0.3) is 0 Å². The molecule has 0 unspecified atom stereocenters. The van der Waals surface area contributed by atoms with Crippen LogP contribution in [0.4, 0.5) is 57.1 Å². The molecule has 0 aromatic carbocycles. The molecular weight excluding hydrogens is 418 g/mol. The van der Waals surface area contributed by atoms with Crippen molar-refractivity contribution in [3.05, 3.63) is 0 Å². The molecule has 0 rings (SSSR count). The first-order chi connectivity index (χ1) is 9.96. The SMILES string of the molecule is O=S(=O)([O-])CC(F)(F)C(F)(F)C(F)(F)C(F)(F)C(F)(F)C(F)(F)F.[Li+]. The maximum Gasteiger partial charge on any atom is 1.00 e. The van der Waals surface area contributed by atoms with Gasteiger partial charge in [-0.25, -0.2) is 8.42 Å². The van der Waals surface area contributed by atoms with Crippen LogP contribution >= 0.6 is 0 Å². The second-order valence-electron chi connectivity index (χ2n) is 4.20. The van der Waals surface area contributed by atoms with Crippen molar-refractivity contribution in [2.24, 2.45) is 0 Å². The van der Waals surface area contributed by atoms with E-state index in [1.165, 1.54) is 0 Å². The Labute approximate surface area is 141 Å². The molecule has 0 N–H and O–H groups in total. The molecule has 0 radical (unpaired) electrons. The van der Waals surface area contributed by atoms with E-state index in [9.17, 15) is 70.0 Å². The largest absolute Gasteiger partial charge is 1.00 e. The van der Waals surface area contributed by atoms with Gasteiger partial charge in [-0.2, -0.15) is 57.1 Å². The fourth-order valence-electron chi connectivity index (χ4n) is 1.11. The van der Waals surface area contributed by atoms with Crippen LogP contribution in [0, 0.1) is 0 Å². The van der Waals surface area contributed by atoms with Crippen molar-refractivity contribution in [1.82, 2.24) is 0 Å². The molecule has 18 heteroatoms. The van der Waals surface area contributed by atoms with Crippen LogP contribution in [0.15, 0.2) is 0 Å². The molecule has 0 amide bonds. The van der Waals surface area contributed by atoms with Crippen LogP contribution in [0.1, 0.15) is 0 Å². The minimum atomic E-state index is -8.13. The maximum atomic E-state index is 12.8. The van der Waals surface area contributed by atoms with E-state index < -0.39 is 51.7 Å². The van der Waals surface area contributed by atoms with Gasteiger partial charge in [-0.3, -0.25) is 0 Å². The van der Waals surface area contributed by atoms with E-state index in [4.69, 9.17) is 0 Å². The molecule has 25 heavy (non-hydrogen) atoms. The second-order valence-corrected chi connectivity index (χ2v) is 5.61. The minimum Gasteiger partial charge on any atom is -0.748 e. The molecule has 0 spiro atoms. The van der Waals surface area contributed by atoms with Gasteiger partial charge in [-0.15, -0.1) is 0 Å². The molecule has 3 nitrogen and oxygen atoms in total. The molecule has 0 aromatic heterocycles. The molecule has 0 aliphatic rings. The smallest absolute Gasteiger partial charge is 0.748 e. The van der Waals surface area contributed by atoms with Gasteiger partial charge in [0.25, 0.3) is 0 Å². The van der Waals surface area contributed by atoms with Gasteiger partial charge in [-0.1, -0.05) is 0 Å². The third-order valence-corrected chi connectivity index (χ3v) is 3.07. The van der Waals surface area contributed by atoms with Gasteiger partial charge in [0.1, 0.15) is 15.9 Å². The number of hydrogen-bond donors (Lipinski definition) is 0. The van der Waals surface area contributed by atoms with Crippen LogP contribution in [0.3, 0.4) is 0 Å². The van der Waals surface area contributed by atoms with E-state index in [1.807, 2.05) is 0 Å². The summed E-state index contributed by atoms with van der Waals surface area (Å²) in [4.78, 5) is 0. The maximum absolute atomic E-state index is 12.8. The number of alkyl halides is 13. The number of rotatable bonds is 6. The zero-order valence-corrected chi connectivity index (χ0v) is 12.1. The third-order valence-electron chi connectivity index (χ3n) is 2.36. The predicted molar refractivity (Wildman–Crippen MR) is 45.4 cm³/mol. The van der Waals surface area contributed by atoms with Gasteiger partial charge in [0.15, 0.2) is 0 Å². The number of hydrogen-bond acceptors (Lipinski definition) is 3. The average molecular weight is 420 g/mol. The summed E-state index contributed by atoms with van der Waals surface area (Å²) < 4.78 is 192. The van der Waals surface area contributed by atoms with Crippen LogP contribution in [-0.4, -0.2) is 54.5 Å². The van der Waals surface area contributed by atoms with Crippen molar-refractivity contribution >= 4 is 10.1 Å². The molecule has 0 aliphatic heterocycles. The normalized spacial score (nSPS) is 15.8. The molecule has 0 aromatic rings. The second kappa shape index (κ2) is 6.64. The molecule has 0 aliphatic carbocycles. The van der Waals surface area contributed by atoms with Gasteiger partial charge >= 0.3 is 54.6 Å². The Kier molecular flexibility index (Phi) is 7.12. The molecule has 0 heterocycles. The van der Waals surface area contributed by atoms with Gasteiger partial charge < -0.3 is 4.55 Å². The van der Waals surface area contributed by atoms with E-state index in [-0.39, 0.29) is 18.9 Å². The fourth-order valence-corrected chi connectivity index (χ4v) is 1.74. The molecule has 0 saturated heterocycles. The Hall–Kier alpha value is -0.403. The van der Waals surface area contributed by atoms with Crippen LogP contribution in [-0.2, 0) is 10.1 Å². The molecule has 0 bridgehead atoms. The summed E-state index contributed by atoms with van der Waals surface area (Å²) >= 11 is 0. The van der Waals surface area contributed by atoms with Crippen LogP contribution in [0.5, 0.6) is 0 Å². The molecule has 146 valence electrons. The summed E-state index contributed by atoms with van der Waals surface area (Å²) in [5.41, 5.74) is 0. The summed E-state index contributed by atoms with van der Waals surface area (Å²) in [6, 6.07) is 0. The Morgan fingerprint density at radius 3 is 1.12 bits per heavy atom. The first-order valence-corrected chi connectivity index (χ1v) is 6.43. The van der Waals surface area contributed by atoms with E-state index in [1.54, 1.807) is 0 Å². The van der Waals surface area contributed by atoms with E-state index in [2.05, 4.69) is 0 Å². The third kappa shape index (κ3) is 4.30. The summed E-state index contributed by atoms with van der Waals surface area (Å²) in [5.74, 6) is -42.6. The summed E-state index contributed by atoms with van der Waals surface area (Å²) in [6.07, 6.45) is -7.56. The van der Waals surface area contributed by atoms with Crippen molar-refractivity contribution in [3.8, 4) is 0 Å². The quantitative estimate of drug-likeness (QED) is 0.353. The summed E-state index contributed by atoms with van der Waals surface area (Å²) in [5, 5.41) is 0. The monoisotopic (exact) mass is 420 g/mol. The van der Waals surface area contributed by atoms with Crippen molar-refractivity contribution < 1.29 is 88.9 Å². The van der Waals surface area contributed by atoms with Gasteiger partial charge in [0, 0.05) is 0 Å². The zero-order chi connectivity index (χ0) is 20.2. The first kappa shape index (κ1) is 26.8. The van der Waals surface area contributed by atoms with Crippen molar-refractivity contribution in [3.63, 3.8) is 0 Å². The Morgan fingerprint density at radius 2 is 0.880 bits per heavy atom. The fraction of sp³-hybridized carbons (Fsp3) is 1.00. The molecule has 0 atom stereocenters. The number of halogens is 13. The Morgan fingerprint density at radius 1 is 0.600 bits per heavy atom. The van der Waals surface area contributed by atoms with Gasteiger partial charge in [0.2, 0.25) is 0 Å². The van der Waals surface area contributed by atoms with Gasteiger partial charge in [0.05, 0.1) is 0 Å². The van der Waals surface area contributed by atoms with Crippen LogP contribution in [0.2, 0.25) is 0 Å². The van der Waals surface area contributed by atoms with Crippen molar-refractivity contribution in [1.29, 1.82) is 0 Å². The summed E-state index contributed by atoms with van der Waals surface area (Å²) in [7, 11) is -6.50. The first-order valence-electron chi connectivity index (χ1n) is 4.85. The Bertz CT molecular complexity index is 581. The van der Waals surface area contributed by atoms with E-state index >= 15 is 0 Å². The van der Waals surface area contributed by atoms with E-state index in [0.29, 0.717) is 0 Å². The predicted octanol–water partition coefficient (Wildman–Crippen LogP) is 0.274.